The number of benzene rings is 1. The topological polar surface area (TPSA) is 91.6 Å². The molecule has 2 fully saturated rings. The molecule has 1 aromatic carbocycles. The van der Waals surface area contributed by atoms with Crippen LogP contribution in [0.1, 0.15) is 62.3 Å². The summed E-state index contributed by atoms with van der Waals surface area (Å²) in [6, 6.07) is 3.94. The fourth-order valence-corrected chi connectivity index (χ4v) is 5.11. The molecule has 1 aliphatic heterocycles. The van der Waals surface area contributed by atoms with Gasteiger partial charge < -0.3 is 5.11 Å². The second kappa shape index (κ2) is 10.7. The van der Waals surface area contributed by atoms with E-state index >= 15 is 0 Å². The van der Waals surface area contributed by atoms with E-state index in [9.17, 15) is 36.6 Å². The monoisotopic (exact) mass is 529 g/mol. The molecule has 0 unspecified atom stereocenters. The number of carboxylic acid groups (broad SMARTS) is 1. The van der Waals surface area contributed by atoms with Crippen LogP contribution in [0, 0.1) is 0 Å². The SMILES string of the molecule is O=CN(c1nc(C2CCCC2)n(-c2ccccc2C(F)(F)F)n1)[C@@H](CCN1CCC(F)(F)C1)CC(=O)O. The lowest BCUT2D eigenvalue weighted by Crippen LogP contribution is -2.40. The first kappa shape index (κ1) is 27.0. The number of halogens is 5. The van der Waals surface area contributed by atoms with Crippen molar-refractivity contribution in [3.8, 4) is 5.69 Å². The van der Waals surface area contributed by atoms with Crippen LogP contribution in [0.5, 0.6) is 0 Å². The van der Waals surface area contributed by atoms with Crippen LogP contribution < -0.4 is 4.90 Å². The quantitative estimate of drug-likeness (QED) is 0.361. The molecule has 8 nitrogen and oxygen atoms in total. The summed E-state index contributed by atoms with van der Waals surface area (Å²) in [5.74, 6) is -4.17. The number of carbonyl (C=O) groups excluding carboxylic acids is 1. The lowest BCUT2D eigenvalue weighted by molar-refractivity contribution is -0.138. The fraction of sp³-hybridized carbons (Fsp3) is 0.583. The van der Waals surface area contributed by atoms with Crippen molar-refractivity contribution in [1.29, 1.82) is 0 Å². The minimum atomic E-state index is -4.66. The van der Waals surface area contributed by atoms with Crippen LogP contribution in [0.25, 0.3) is 5.69 Å². The Labute approximate surface area is 210 Å². The van der Waals surface area contributed by atoms with Crippen molar-refractivity contribution in [1.82, 2.24) is 19.7 Å². The maximum Gasteiger partial charge on any atom is 0.418 e. The van der Waals surface area contributed by atoms with Crippen molar-refractivity contribution in [2.75, 3.05) is 24.5 Å². The number of carbonyl (C=O) groups is 2. The lowest BCUT2D eigenvalue weighted by Gasteiger charge is -2.26. The summed E-state index contributed by atoms with van der Waals surface area (Å²) in [6.07, 6.45) is -1.96. The summed E-state index contributed by atoms with van der Waals surface area (Å²) in [5, 5.41) is 13.7. The zero-order valence-electron chi connectivity index (χ0n) is 20.0. The summed E-state index contributed by atoms with van der Waals surface area (Å²) in [7, 11) is 0. The molecule has 13 heteroatoms. The molecule has 4 rings (SSSR count). The van der Waals surface area contributed by atoms with Gasteiger partial charge in [-0.05, 0) is 31.4 Å². The van der Waals surface area contributed by atoms with Gasteiger partial charge in [0.25, 0.3) is 11.9 Å². The molecule has 37 heavy (non-hydrogen) atoms. The van der Waals surface area contributed by atoms with E-state index in [2.05, 4.69) is 10.1 Å². The molecule has 2 aromatic rings. The smallest absolute Gasteiger partial charge is 0.418 e. The van der Waals surface area contributed by atoms with Crippen LogP contribution in [-0.2, 0) is 15.8 Å². The molecule has 1 N–H and O–H groups in total. The maximum absolute atomic E-state index is 13.8. The van der Waals surface area contributed by atoms with E-state index < -0.39 is 42.6 Å². The van der Waals surface area contributed by atoms with Gasteiger partial charge in [-0.15, -0.1) is 5.10 Å². The first-order valence-electron chi connectivity index (χ1n) is 12.2. The largest absolute Gasteiger partial charge is 0.481 e. The van der Waals surface area contributed by atoms with Crippen LogP contribution in [0.15, 0.2) is 24.3 Å². The molecule has 0 spiro atoms. The molecule has 1 aliphatic carbocycles. The molecule has 1 amide bonds. The Morgan fingerprint density at radius 2 is 1.95 bits per heavy atom. The molecule has 2 heterocycles. The van der Waals surface area contributed by atoms with Crippen molar-refractivity contribution in [3.63, 3.8) is 0 Å². The maximum atomic E-state index is 13.8. The summed E-state index contributed by atoms with van der Waals surface area (Å²) in [4.78, 5) is 30.7. The number of rotatable bonds is 10. The van der Waals surface area contributed by atoms with Gasteiger partial charge in [0.1, 0.15) is 5.82 Å². The standard InChI is InChI=1S/C24H28F5N5O3/c25-23(26)10-12-32(14-23)11-9-17(13-20(36)37)33(15-35)22-30-21(16-5-1-2-6-16)34(31-22)19-8-4-3-7-18(19)24(27,28)29/h3-4,7-8,15-17H,1-2,5-6,9-14H2,(H,36,37)/t17-/m0/s1. The van der Waals surface area contributed by atoms with Gasteiger partial charge in [0.15, 0.2) is 0 Å². The molecular weight excluding hydrogens is 501 g/mol. The third kappa shape index (κ3) is 6.25. The molecule has 0 bridgehead atoms. The Morgan fingerprint density at radius 1 is 1.24 bits per heavy atom. The molecule has 1 atom stereocenters. The van der Waals surface area contributed by atoms with Gasteiger partial charge in [0.05, 0.1) is 30.3 Å². The van der Waals surface area contributed by atoms with Crippen LogP contribution in [0.2, 0.25) is 0 Å². The average Bonchev–Trinajstić information content (AvgIpc) is 3.57. The van der Waals surface area contributed by atoms with E-state index in [1.165, 1.54) is 23.1 Å². The van der Waals surface area contributed by atoms with E-state index in [1.807, 2.05) is 0 Å². The zero-order valence-corrected chi connectivity index (χ0v) is 20.0. The van der Waals surface area contributed by atoms with Crippen molar-refractivity contribution < 1.29 is 36.6 Å². The number of alkyl halides is 5. The van der Waals surface area contributed by atoms with Gasteiger partial charge in [-0.3, -0.25) is 19.4 Å². The Kier molecular flexibility index (Phi) is 7.81. The summed E-state index contributed by atoms with van der Waals surface area (Å²) < 4.78 is 69.7. The predicted octanol–water partition coefficient (Wildman–Crippen LogP) is 4.48. The van der Waals surface area contributed by atoms with Gasteiger partial charge >= 0.3 is 12.1 Å². The highest BCUT2D eigenvalue weighted by atomic mass is 19.4. The second-order valence-corrected chi connectivity index (χ2v) is 9.61. The van der Waals surface area contributed by atoms with Gasteiger partial charge in [-0.25, -0.2) is 13.5 Å². The first-order chi connectivity index (χ1) is 17.5. The average molecular weight is 530 g/mol. The number of likely N-dealkylation sites (tertiary alicyclic amines) is 1. The van der Waals surface area contributed by atoms with Crippen LogP contribution in [0.3, 0.4) is 0 Å². The Bertz CT molecular complexity index is 1120. The zero-order chi connectivity index (χ0) is 26.8. The Balaban J connectivity index is 1.69. The number of aliphatic carboxylic acids is 1. The molecule has 1 saturated heterocycles. The number of carboxylic acids is 1. The molecular formula is C24H28F5N5O3. The summed E-state index contributed by atoms with van der Waals surface area (Å²) >= 11 is 0. The second-order valence-electron chi connectivity index (χ2n) is 9.61. The number of hydrogen-bond acceptors (Lipinski definition) is 5. The van der Waals surface area contributed by atoms with E-state index in [0.29, 0.717) is 19.3 Å². The van der Waals surface area contributed by atoms with Gasteiger partial charge in [0, 0.05) is 25.4 Å². The predicted molar refractivity (Wildman–Crippen MR) is 123 cm³/mol. The van der Waals surface area contributed by atoms with Crippen molar-refractivity contribution in [2.45, 2.75) is 69.0 Å². The van der Waals surface area contributed by atoms with Crippen LogP contribution in [0.4, 0.5) is 27.9 Å². The normalized spacial score (nSPS) is 19.3. The molecule has 1 saturated carbocycles. The Morgan fingerprint density at radius 3 is 2.54 bits per heavy atom. The fourth-order valence-electron chi connectivity index (χ4n) is 5.11. The van der Waals surface area contributed by atoms with E-state index in [1.54, 1.807) is 0 Å². The van der Waals surface area contributed by atoms with Gasteiger partial charge in [-0.1, -0.05) is 25.0 Å². The van der Waals surface area contributed by atoms with Gasteiger partial charge in [0.2, 0.25) is 6.41 Å². The number of anilines is 1. The van der Waals surface area contributed by atoms with E-state index in [4.69, 9.17) is 0 Å². The van der Waals surface area contributed by atoms with Crippen LogP contribution >= 0.6 is 0 Å². The number of nitrogens with zero attached hydrogens (tertiary/aromatic N) is 5. The molecule has 2 aliphatic rings. The van der Waals surface area contributed by atoms with Gasteiger partial charge in [-0.2, -0.15) is 18.2 Å². The third-order valence-corrected chi connectivity index (χ3v) is 6.95. The molecule has 202 valence electrons. The highest BCUT2D eigenvalue weighted by molar-refractivity contribution is 5.75. The van der Waals surface area contributed by atoms with Crippen molar-refractivity contribution in [3.05, 3.63) is 35.7 Å². The number of amides is 1. The first-order valence-corrected chi connectivity index (χ1v) is 12.2. The highest BCUT2D eigenvalue weighted by Gasteiger charge is 2.39. The van der Waals surface area contributed by atoms with E-state index in [0.717, 1.165) is 28.5 Å². The van der Waals surface area contributed by atoms with Crippen molar-refractivity contribution >= 4 is 18.3 Å². The minimum Gasteiger partial charge on any atom is -0.481 e. The summed E-state index contributed by atoms with van der Waals surface area (Å²) in [5.41, 5.74) is -1.16. The number of aromatic nitrogens is 3. The number of para-hydroxylation sites is 1. The van der Waals surface area contributed by atoms with Crippen LogP contribution in [-0.4, -0.2) is 68.7 Å². The molecule has 0 radical (unpaired) electrons. The number of hydrogen-bond donors (Lipinski definition) is 1. The minimum absolute atomic E-state index is 0.0492. The third-order valence-electron chi connectivity index (χ3n) is 6.95. The Hall–Kier alpha value is -3.09. The summed E-state index contributed by atoms with van der Waals surface area (Å²) in [6.45, 7) is -0.202. The van der Waals surface area contributed by atoms with E-state index in [-0.39, 0.29) is 49.3 Å². The highest BCUT2D eigenvalue weighted by Crippen LogP contribution is 2.38. The van der Waals surface area contributed by atoms with Crippen molar-refractivity contribution in [2.24, 2.45) is 0 Å². The lowest BCUT2D eigenvalue weighted by atomic mass is 10.1. The molecule has 1 aromatic heterocycles.